The number of hydrogen-bond acceptors (Lipinski definition) is 5. The second-order valence-electron chi connectivity index (χ2n) is 2.03. The summed E-state index contributed by atoms with van der Waals surface area (Å²) in [6, 6.07) is 0. The molecule has 0 bridgehead atoms. The van der Waals surface area contributed by atoms with Crippen molar-refractivity contribution in [2.24, 2.45) is 0 Å². The normalized spacial score (nSPS) is 9.29. The van der Waals surface area contributed by atoms with Crippen molar-refractivity contribution in [1.82, 2.24) is 4.90 Å². The molecular formula is C6H15NNa2O4S. The smallest absolute Gasteiger partial charge is 0.759 e. The van der Waals surface area contributed by atoms with Crippen LogP contribution in [0.5, 0.6) is 0 Å². The van der Waals surface area contributed by atoms with Crippen molar-refractivity contribution in [3.05, 3.63) is 0 Å². The van der Waals surface area contributed by atoms with Crippen molar-refractivity contribution < 1.29 is 76.6 Å². The quantitative estimate of drug-likeness (QED) is 0.280. The van der Waals surface area contributed by atoms with Gasteiger partial charge >= 0.3 is 59.1 Å². The van der Waals surface area contributed by atoms with Crippen LogP contribution < -0.4 is 59.1 Å². The predicted molar refractivity (Wildman–Crippen MR) is 43.9 cm³/mol. The molecule has 0 atom stereocenters. The molecule has 0 aromatic carbocycles. The zero-order valence-electron chi connectivity index (χ0n) is 9.61. The van der Waals surface area contributed by atoms with Gasteiger partial charge in [-0.05, 0) is 19.6 Å². The van der Waals surface area contributed by atoms with Crippen LogP contribution in [0.4, 0.5) is 0 Å². The standard InChI is InChI=1S/C6H15N.2Na.H2O4S/c1-4-7(5-2)6-3;;;1-5(2,3)4/h4-6H2,1-3H3;;;(H2,1,2,3,4)/q;2*+1;/p-2. The molecule has 76 valence electrons. The zero-order valence-corrected chi connectivity index (χ0v) is 14.4. The molecule has 0 fully saturated rings. The van der Waals surface area contributed by atoms with E-state index >= 15 is 0 Å². The van der Waals surface area contributed by atoms with Crippen LogP contribution >= 0.6 is 0 Å². The fraction of sp³-hybridized carbons (Fsp3) is 1.00. The van der Waals surface area contributed by atoms with E-state index in [0.29, 0.717) is 0 Å². The van der Waals surface area contributed by atoms with Gasteiger partial charge in [-0.2, -0.15) is 0 Å². The fourth-order valence-electron chi connectivity index (χ4n) is 0.671. The molecule has 0 radical (unpaired) electrons. The molecule has 0 aliphatic carbocycles. The summed E-state index contributed by atoms with van der Waals surface area (Å²) >= 11 is 0. The number of rotatable bonds is 3. The molecule has 0 aliphatic rings. The van der Waals surface area contributed by atoms with E-state index in [1.54, 1.807) is 0 Å². The van der Waals surface area contributed by atoms with E-state index in [0.717, 1.165) is 0 Å². The Hall–Kier alpha value is 1.83. The molecule has 8 heteroatoms. The summed E-state index contributed by atoms with van der Waals surface area (Å²) in [5.74, 6) is 0. The minimum Gasteiger partial charge on any atom is -0.759 e. The van der Waals surface area contributed by atoms with Gasteiger partial charge in [-0.25, -0.2) is 0 Å². The third kappa shape index (κ3) is 37.1. The number of nitrogens with zero attached hydrogens (tertiary/aromatic N) is 1. The third-order valence-corrected chi connectivity index (χ3v) is 1.34. The average molecular weight is 243 g/mol. The molecule has 0 aliphatic heterocycles. The molecule has 0 saturated carbocycles. The van der Waals surface area contributed by atoms with E-state index in [2.05, 4.69) is 25.7 Å². The van der Waals surface area contributed by atoms with Gasteiger partial charge in [0.25, 0.3) is 0 Å². The van der Waals surface area contributed by atoms with Crippen molar-refractivity contribution in [3.63, 3.8) is 0 Å². The Morgan fingerprint density at radius 2 is 1.07 bits per heavy atom. The Labute approximate surface area is 131 Å². The first kappa shape index (κ1) is 24.9. The van der Waals surface area contributed by atoms with Crippen LogP contribution in [0.2, 0.25) is 0 Å². The minimum absolute atomic E-state index is 0. The van der Waals surface area contributed by atoms with Crippen molar-refractivity contribution in [1.29, 1.82) is 0 Å². The van der Waals surface area contributed by atoms with E-state index in [9.17, 15) is 0 Å². The molecule has 0 amide bonds. The summed E-state index contributed by atoms with van der Waals surface area (Å²) in [7, 11) is -5.17. The molecule has 14 heavy (non-hydrogen) atoms. The van der Waals surface area contributed by atoms with Crippen LogP contribution in [0.3, 0.4) is 0 Å². The summed E-state index contributed by atoms with van der Waals surface area (Å²) in [6.45, 7) is 10.1. The van der Waals surface area contributed by atoms with Gasteiger partial charge < -0.3 is 14.0 Å². The molecular weight excluding hydrogens is 228 g/mol. The molecule has 0 rings (SSSR count). The molecule has 0 heterocycles. The van der Waals surface area contributed by atoms with Crippen molar-refractivity contribution in [2.45, 2.75) is 20.8 Å². The SMILES string of the molecule is CCN(CC)CC.O=S(=O)([O-])[O-].[Na+].[Na+]. The molecule has 0 aromatic rings. The largest absolute Gasteiger partial charge is 1.00 e. The molecule has 0 N–H and O–H groups in total. The van der Waals surface area contributed by atoms with Crippen molar-refractivity contribution in [2.75, 3.05) is 19.6 Å². The van der Waals surface area contributed by atoms with Crippen LogP contribution in [0.1, 0.15) is 20.8 Å². The summed E-state index contributed by atoms with van der Waals surface area (Å²) in [4.78, 5) is 2.38. The first-order valence-electron chi connectivity index (χ1n) is 3.74. The van der Waals surface area contributed by atoms with E-state index in [1.807, 2.05) is 0 Å². The van der Waals surface area contributed by atoms with Crippen LogP contribution in [-0.4, -0.2) is 42.1 Å². The maximum absolute atomic E-state index is 8.52. The first-order chi connectivity index (χ1) is 5.35. The monoisotopic (exact) mass is 243 g/mol. The van der Waals surface area contributed by atoms with Gasteiger partial charge in [-0.1, -0.05) is 20.8 Å². The Bertz CT molecular complexity index is 169. The Balaban J connectivity index is -0.0000000651. The zero-order chi connectivity index (χ0) is 10.2. The molecule has 0 saturated heterocycles. The Kier molecular flexibility index (Phi) is 26.4. The number of hydrogen-bond donors (Lipinski definition) is 0. The molecule has 0 unspecified atom stereocenters. The van der Waals surface area contributed by atoms with Crippen molar-refractivity contribution >= 4 is 10.4 Å². The summed E-state index contributed by atoms with van der Waals surface area (Å²) in [6.07, 6.45) is 0. The second-order valence-corrected chi connectivity index (χ2v) is 2.84. The van der Waals surface area contributed by atoms with Gasteiger partial charge in [-0.3, -0.25) is 8.42 Å². The van der Waals surface area contributed by atoms with Gasteiger partial charge in [0, 0.05) is 10.4 Å². The topological polar surface area (TPSA) is 83.5 Å². The van der Waals surface area contributed by atoms with Gasteiger partial charge in [0.05, 0.1) is 0 Å². The first-order valence-corrected chi connectivity index (χ1v) is 5.07. The molecule has 5 nitrogen and oxygen atoms in total. The predicted octanol–water partition coefficient (Wildman–Crippen LogP) is -5.98. The Morgan fingerprint density at radius 1 is 0.929 bits per heavy atom. The maximum atomic E-state index is 8.52. The average Bonchev–Trinajstić information content (AvgIpc) is 1.88. The van der Waals surface area contributed by atoms with E-state index in [4.69, 9.17) is 17.5 Å². The van der Waals surface area contributed by atoms with Gasteiger partial charge in [0.2, 0.25) is 0 Å². The van der Waals surface area contributed by atoms with Gasteiger partial charge in [-0.15, -0.1) is 0 Å². The molecule has 0 aromatic heterocycles. The Morgan fingerprint density at radius 3 is 1.07 bits per heavy atom. The molecule has 0 spiro atoms. The third-order valence-electron chi connectivity index (χ3n) is 1.34. The van der Waals surface area contributed by atoms with E-state index in [-0.39, 0.29) is 59.1 Å². The van der Waals surface area contributed by atoms with Crippen molar-refractivity contribution in [3.8, 4) is 0 Å². The van der Waals surface area contributed by atoms with E-state index < -0.39 is 10.4 Å². The van der Waals surface area contributed by atoms with Gasteiger partial charge in [0.1, 0.15) is 0 Å². The summed E-state index contributed by atoms with van der Waals surface area (Å²) in [5, 5.41) is 0. The van der Waals surface area contributed by atoms with Crippen LogP contribution in [-0.2, 0) is 10.4 Å². The summed E-state index contributed by atoms with van der Waals surface area (Å²) < 4.78 is 34.1. The summed E-state index contributed by atoms with van der Waals surface area (Å²) in [5.41, 5.74) is 0. The van der Waals surface area contributed by atoms with Crippen LogP contribution in [0.15, 0.2) is 0 Å². The fourth-order valence-corrected chi connectivity index (χ4v) is 0.671. The van der Waals surface area contributed by atoms with Crippen LogP contribution in [0.25, 0.3) is 0 Å². The second kappa shape index (κ2) is 14.8. The van der Waals surface area contributed by atoms with Gasteiger partial charge in [0.15, 0.2) is 0 Å². The maximum Gasteiger partial charge on any atom is 1.00 e. The van der Waals surface area contributed by atoms with E-state index in [1.165, 1.54) is 19.6 Å². The van der Waals surface area contributed by atoms with Crippen LogP contribution in [0, 0.1) is 0 Å². The minimum atomic E-state index is -5.17.